The van der Waals surface area contributed by atoms with Crippen LogP contribution in [0, 0.1) is 0 Å². The summed E-state index contributed by atoms with van der Waals surface area (Å²) in [5.74, 6) is -2.80. The molecule has 2 N–H and O–H groups in total. The number of hydrogen-bond acceptors (Lipinski definition) is 6. The van der Waals surface area contributed by atoms with Crippen molar-refractivity contribution >= 4 is 17.9 Å². The van der Waals surface area contributed by atoms with E-state index in [2.05, 4.69) is 0 Å². The van der Waals surface area contributed by atoms with Gasteiger partial charge in [-0.2, -0.15) is 0 Å². The number of ether oxygens (including phenoxy) is 2. The molecule has 0 aliphatic rings. The highest BCUT2D eigenvalue weighted by atomic mass is 16.6. The number of rotatable bonds is 6. The molecule has 21 heavy (non-hydrogen) atoms. The van der Waals surface area contributed by atoms with Gasteiger partial charge in [0.2, 0.25) is 0 Å². The first-order valence-corrected chi connectivity index (χ1v) is 5.95. The number of benzene rings is 1. The first-order valence-electron chi connectivity index (χ1n) is 5.95. The zero-order chi connectivity index (χ0) is 15.8. The summed E-state index contributed by atoms with van der Waals surface area (Å²) in [6, 6.07) is 5.62. The molecular weight excluding hydrogens is 280 g/mol. The summed E-state index contributed by atoms with van der Waals surface area (Å²) in [7, 11) is 0. The second kappa shape index (κ2) is 7.68. The maximum atomic E-state index is 11.7. The normalized spacial score (nSPS) is 10.8. The molecule has 0 amide bonds. The highest BCUT2D eigenvalue weighted by Crippen LogP contribution is 2.10. The summed E-state index contributed by atoms with van der Waals surface area (Å²) < 4.78 is 9.52. The highest BCUT2D eigenvalue weighted by molar-refractivity contribution is 6.02. The van der Waals surface area contributed by atoms with Crippen LogP contribution in [-0.4, -0.2) is 41.3 Å². The van der Waals surface area contributed by atoms with Gasteiger partial charge < -0.3 is 19.7 Å². The first-order chi connectivity index (χ1) is 9.97. The Morgan fingerprint density at radius 3 is 2.24 bits per heavy atom. The molecule has 1 rings (SSSR count). The van der Waals surface area contributed by atoms with Gasteiger partial charge in [0.1, 0.15) is 13.2 Å². The van der Waals surface area contributed by atoms with Gasteiger partial charge in [0.25, 0.3) is 0 Å². The lowest BCUT2D eigenvalue weighted by Crippen LogP contribution is -2.16. The number of aliphatic hydroxyl groups is 1. The highest BCUT2D eigenvalue weighted by Gasteiger charge is 2.17. The fourth-order valence-corrected chi connectivity index (χ4v) is 1.36. The molecule has 0 fully saturated rings. The SMILES string of the molecule is CC(=CO)C(=O)OCCOC(=O)c1ccccc1C(=O)O. The molecule has 7 nitrogen and oxygen atoms in total. The standard InChI is InChI=1S/C14H14O7/c1-9(8-15)13(18)20-6-7-21-14(19)11-5-3-2-4-10(11)12(16)17/h2-5,8,15H,6-7H2,1H3,(H,16,17). The number of carboxylic acids is 1. The Labute approximate surface area is 120 Å². The van der Waals surface area contributed by atoms with E-state index in [1.807, 2.05) is 0 Å². The number of carbonyl (C=O) groups excluding carboxylic acids is 2. The molecule has 0 bridgehead atoms. The van der Waals surface area contributed by atoms with Gasteiger partial charge in [0, 0.05) is 0 Å². The van der Waals surface area contributed by atoms with Gasteiger partial charge in [0.15, 0.2) is 0 Å². The number of carboxylic acid groups (broad SMARTS) is 1. The van der Waals surface area contributed by atoms with E-state index in [0.717, 1.165) is 0 Å². The summed E-state index contributed by atoms with van der Waals surface area (Å²) in [4.78, 5) is 33.8. The van der Waals surface area contributed by atoms with Crippen LogP contribution in [-0.2, 0) is 14.3 Å². The molecule has 1 aromatic carbocycles. The molecule has 0 heterocycles. The van der Waals surface area contributed by atoms with Crippen LogP contribution in [0.2, 0.25) is 0 Å². The van der Waals surface area contributed by atoms with Crippen LogP contribution in [0.1, 0.15) is 27.6 Å². The monoisotopic (exact) mass is 294 g/mol. The van der Waals surface area contributed by atoms with Crippen LogP contribution in [0.5, 0.6) is 0 Å². The lowest BCUT2D eigenvalue weighted by Gasteiger charge is -2.07. The Bertz CT molecular complexity index is 574. The van der Waals surface area contributed by atoms with Gasteiger partial charge >= 0.3 is 17.9 Å². The van der Waals surface area contributed by atoms with Crippen molar-refractivity contribution < 1.29 is 34.1 Å². The number of carbonyl (C=O) groups is 3. The van der Waals surface area contributed by atoms with Gasteiger partial charge in [0.05, 0.1) is 23.0 Å². The average Bonchev–Trinajstić information content (AvgIpc) is 2.50. The lowest BCUT2D eigenvalue weighted by atomic mass is 10.1. The van der Waals surface area contributed by atoms with Crippen molar-refractivity contribution in [3.05, 3.63) is 47.2 Å². The largest absolute Gasteiger partial charge is 0.515 e. The average molecular weight is 294 g/mol. The Hall–Kier alpha value is -2.83. The van der Waals surface area contributed by atoms with E-state index in [1.54, 1.807) is 0 Å². The van der Waals surface area contributed by atoms with Gasteiger partial charge in [-0.15, -0.1) is 0 Å². The number of hydrogen-bond donors (Lipinski definition) is 2. The third-order valence-corrected chi connectivity index (χ3v) is 2.44. The minimum Gasteiger partial charge on any atom is -0.515 e. The molecular formula is C14H14O7. The zero-order valence-corrected chi connectivity index (χ0v) is 11.2. The van der Waals surface area contributed by atoms with Crippen molar-refractivity contribution in [2.75, 3.05) is 13.2 Å². The second-order valence-electron chi connectivity index (χ2n) is 3.93. The molecule has 0 unspecified atom stereocenters. The molecule has 112 valence electrons. The van der Waals surface area contributed by atoms with E-state index in [4.69, 9.17) is 19.7 Å². The third-order valence-electron chi connectivity index (χ3n) is 2.44. The summed E-state index contributed by atoms with van der Waals surface area (Å²) in [6.07, 6.45) is 0.609. The fraction of sp³-hybridized carbons (Fsp3) is 0.214. The smallest absolute Gasteiger partial charge is 0.339 e. The van der Waals surface area contributed by atoms with Crippen LogP contribution >= 0.6 is 0 Å². The topological polar surface area (TPSA) is 110 Å². The summed E-state index contributed by atoms with van der Waals surface area (Å²) in [6.45, 7) is 0.930. The molecule has 7 heteroatoms. The maximum Gasteiger partial charge on any atom is 0.339 e. The van der Waals surface area contributed by atoms with Crippen molar-refractivity contribution in [3.63, 3.8) is 0 Å². The van der Waals surface area contributed by atoms with E-state index in [0.29, 0.717) is 6.26 Å². The molecule has 0 aromatic heterocycles. The van der Waals surface area contributed by atoms with Crippen molar-refractivity contribution in [1.82, 2.24) is 0 Å². The van der Waals surface area contributed by atoms with Crippen LogP contribution in [0.3, 0.4) is 0 Å². The van der Waals surface area contributed by atoms with Gasteiger partial charge in [-0.1, -0.05) is 12.1 Å². The molecule has 0 aliphatic carbocycles. The Morgan fingerprint density at radius 2 is 1.67 bits per heavy atom. The Morgan fingerprint density at radius 1 is 1.10 bits per heavy atom. The number of aromatic carboxylic acids is 1. The van der Waals surface area contributed by atoms with Crippen LogP contribution in [0.4, 0.5) is 0 Å². The van der Waals surface area contributed by atoms with Crippen LogP contribution in [0.15, 0.2) is 36.1 Å². The molecule has 0 atom stereocenters. The minimum absolute atomic E-state index is 0.0116. The summed E-state index contributed by atoms with van der Waals surface area (Å²) in [5.41, 5.74) is -0.237. The molecule has 0 saturated heterocycles. The molecule has 0 spiro atoms. The van der Waals surface area contributed by atoms with Crippen molar-refractivity contribution in [1.29, 1.82) is 0 Å². The maximum absolute atomic E-state index is 11.7. The molecule has 1 aromatic rings. The van der Waals surface area contributed by atoms with E-state index in [-0.39, 0.29) is 29.9 Å². The molecule has 0 saturated carbocycles. The van der Waals surface area contributed by atoms with Crippen LogP contribution in [0.25, 0.3) is 0 Å². The number of esters is 2. The fourth-order valence-electron chi connectivity index (χ4n) is 1.36. The Balaban J connectivity index is 2.52. The minimum atomic E-state index is -1.24. The molecule has 0 radical (unpaired) electrons. The third kappa shape index (κ3) is 4.64. The van der Waals surface area contributed by atoms with Gasteiger partial charge in [-0.05, 0) is 19.1 Å². The van der Waals surface area contributed by atoms with E-state index in [1.165, 1.54) is 31.2 Å². The second-order valence-corrected chi connectivity index (χ2v) is 3.93. The predicted octanol–water partition coefficient (Wildman–Crippen LogP) is 1.55. The first kappa shape index (κ1) is 16.2. The van der Waals surface area contributed by atoms with Crippen LogP contribution < -0.4 is 0 Å². The van der Waals surface area contributed by atoms with E-state index < -0.39 is 17.9 Å². The summed E-state index contributed by atoms with van der Waals surface area (Å²) >= 11 is 0. The number of aliphatic hydroxyl groups excluding tert-OH is 1. The van der Waals surface area contributed by atoms with Crippen molar-refractivity contribution in [3.8, 4) is 0 Å². The predicted molar refractivity (Wildman–Crippen MR) is 71.0 cm³/mol. The van der Waals surface area contributed by atoms with E-state index in [9.17, 15) is 14.4 Å². The Kier molecular flexibility index (Phi) is 5.94. The molecule has 0 aliphatic heterocycles. The zero-order valence-electron chi connectivity index (χ0n) is 11.2. The lowest BCUT2D eigenvalue weighted by molar-refractivity contribution is -0.140. The quantitative estimate of drug-likeness (QED) is 0.354. The summed E-state index contributed by atoms with van der Waals surface area (Å²) in [5, 5.41) is 17.5. The van der Waals surface area contributed by atoms with E-state index >= 15 is 0 Å². The van der Waals surface area contributed by atoms with Gasteiger partial charge in [-0.3, -0.25) is 0 Å². The van der Waals surface area contributed by atoms with Crippen molar-refractivity contribution in [2.45, 2.75) is 6.92 Å². The van der Waals surface area contributed by atoms with Crippen molar-refractivity contribution in [2.24, 2.45) is 0 Å². The van der Waals surface area contributed by atoms with Gasteiger partial charge in [-0.25, -0.2) is 14.4 Å².